The number of aromatic nitrogens is 2. The highest BCUT2D eigenvalue weighted by Crippen LogP contribution is 2.27. The Kier molecular flexibility index (Phi) is 5.20. The van der Waals surface area contributed by atoms with Gasteiger partial charge in [-0.25, -0.2) is 0 Å². The van der Waals surface area contributed by atoms with E-state index in [1.807, 2.05) is 18.2 Å². The molecule has 4 rings (SSSR count). The van der Waals surface area contributed by atoms with Crippen molar-refractivity contribution in [3.05, 3.63) is 36.0 Å². The summed E-state index contributed by atoms with van der Waals surface area (Å²) in [7, 11) is 0. The van der Waals surface area contributed by atoms with Crippen LogP contribution < -0.4 is 15.5 Å². The van der Waals surface area contributed by atoms with Crippen molar-refractivity contribution in [2.75, 3.05) is 41.8 Å². The van der Waals surface area contributed by atoms with Gasteiger partial charge in [-0.15, -0.1) is 10.2 Å². The van der Waals surface area contributed by atoms with Crippen LogP contribution in [0.25, 0.3) is 0 Å². The SMILES string of the molecule is CC(=O)c1nnc(Nc2ccc(N3CCOCC3)cc2)cc1NC1CCC1. The molecule has 142 valence electrons. The zero-order chi connectivity index (χ0) is 18.6. The molecule has 1 aliphatic carbocycles. The molecule has 2 fully saturated rings. The average Bonchev–Trinajstić information content (AvgIpc) is 2.66. The predicted octanol–water partition coefficient (Wildman–Crippen LogP) is 3.22. The molecule has 0 atom stereocenters. The number of rotatable bonds is 6. The number of benzene rings is 1. The van der Waals surface area contributed by atoms with Gasteiger partial charge in [-0.05, 0) is 43.5 Å². The summed E-state index contributed by atoms with van der Waals surface area (Å²) >= 11 is 0. The summed E-state index contributed by atoms with van der Waals surface area (Å²) in [6.45, 7) is 4.90. The van der Waals surface area contributed by atoms with Gasteiger partial charge in [-0.3, -0.25) is 4.79 Å². The largest absolute Gasteiger partial charge is 0.380 e. The van der Waals surface area contributed by atoms with Crippen LogP contribution in [0.15, 0.2) is 30.3 Å². The van der Waals surface area contributed by atoms with E-state index < -0.39 is 0 Å². The number of hydrogen-bond donors (Lipinski definition) is 2. The first kappa shape index (κ1) is 17.7. The molecule has 2 aliphatic rings. The van der Waals surface area contributed by atoms with Crippen LogP contribution in [0.1, 0.15) is 36.7 Å². The van der Waals surface area contributed by atoms with Crippen LogP contribution >= 0.6 is 0 Å². The van der Waals surface area contributed by atoms with Crippen molar-refractivity contribution in [1.82, 2.24) is 10.2 Å². The highest BCUT2D eigenvalue weighted by molar-refractivity contribution is 5.97. The lowest BCUT2D eigenvalue weighted by Gasteiger charge is -2.29. The number of nitrogens with zero attached hydrogens (tertiary/aromatic N) is 3. The number of morpholine rings is 1. The molecule has 7 nitrogen and oxygen atoms in total. The van der Waals surface area contributed by atoms with Gasteiger partial charge in [0, 0.05) is 43.5 Å². The zero-order valence-electron chi connectivity index (χ0n) is 15.6. The Balaban J connectivity index is 1.48. The molecule has 1 aliphatic heterocycles. The quantitative estimate of drug-likeness (QED) is 0.759. The maximum absolute atomic E-state index is 11.8. The fourth-order valence-corrected chi connectivity index (χ4v) is 3.32. The summed E-state index contributed by atoms with van der Waals surface area (Å²) in [5.74, 6) is 0.548. The van der Waals surface area contributed by atoms with Crippen LogP contribution in [-0.2, 0) is 4.74 Å². The number of ketones is 1. The minimum absolute atomic E-state index is 0.0780. The van der Waals surface area contributed by atoms with Crippen LogP contribution in [0.2, 0.25) is 0 Å². The van der Waals surface area contributed by atoms with E-state index in [1.165, 1.54) is 19.0 Å². The highest BCUT2D eigenvalue weighted by atomic mass is 16.5. The maximum atomic E-state index is 11.8. The average molecular weight is 367 g/mol. The van der Waals surface area contributed by atoms with Gasteiger partial charge in [0.2, 0.25) is 0 Å². The molecule has 0 radical (unpaired) electrons. The number of nitrogens with one attached hydrogen (secondary N) is 2. The Labute approximate surface area is 159 Å². The lowest BCUT2D eigenvalue weighted by molar-refractivity contribution is 0.101. The maximum Gasteiger partial charge on any atom is 0.182 e. The highest BCUT2D eigenvalue weighted by Gasteiger charge is 2.20. The molecule has 2 heterocycles. The summed E-state index contributed by atoms with van der Waals surface area (Å²) in [5.41, 5.74) is 3.28. The number of carbonyl (C=O) groups is 1. The first-order valence-electron chi connectivity index (χ1n) is 9.54. The Hall–Kier alpha value is -2.67. The molecule has 1 saturated carbocycles. The van der Waals surface area contributed by atoms with Crippen molar-refractivity contribution in [3.8, 4) is 0 Å². The molecule has 27 heavy (non-hydrogen) atoms. The fourth-order valence-electron chi connectivity index (χ4n) is 3.32. The molecule has 1 aromatic carbocycles. The van der Waals surface area contributed by atoms with E-state index in [2.05, 4.69) is 37.9 Å². The molecule has 1 saturated heterocycles. The summed E-state index contributed by atoms with van der Waals surface area (Å²) in [4.78, 5) is 14.1. The molecule has 7 heteroatoms. The first-order chi connectivity index (χ1) is 13.2. The molecule has 0 amide bonds. The number of ether oxygens (including phenoxy) is 1. The Morgan fingerprint density at radius 1 is 1.15 bits per heavy atom. The smallest absolute Gasteiger partial charge is 0.182 e. The lowest BCUT2D eigenvalue weighted by atomic mass is 9.93. The first-order valence-corrected chi connectivity index (χ1v) is 9.54. The summed E-state index contributed by atoms with van der Waals surface area (Å²) in [5, 5.41) is 15.0. The summed E-state index contributed by atoms with van der Waals surface area (Å²) in [6.07, 6.45) is 3.49. The minimum atomic E-state index is -0.0780. The van der Waals surface area contributed by atoms with E-state index in [0.717, 1.165) is 50.5 Å². The topological polar surface area (TPSA) is 79.4 Å². The van der Waals surface area contributed by atoms with E-state index in [4.69, 9.17) is 4.74 Å². The van der Waals surface area contributed by atoms with Crippen molar-refractivity contribution < 1.29 is 9.53 Å². The summed E-state index contributed by atoms with van der Waals surface area (Å²) < 4.78 is 5.40. The number of hydrogen-bond acceptors (Lipinski definition) is 7. The molecule has 0 bridgehead atoms. The van der Waals surface area contributed by atoms with E-state index >= 15 is 0 Å². The Bertz CT molecular complexity index is 799. The molecule has 1 aromatic heterocycles. The molecule has 0 spiro atoms. The summed E-state index contributed by atoms with van der Waals surface area (Å²) in [6, 6.07) is 10.6. The van der Waals surface area contributed by atoms with Gasteiger partial charge in [0.05, 0.1) is 18.9 Å². The van der Waals surface area contributed by atoms with Crippen LogP contribution in [0.4, 0.5) is 22.9 Å². The van der Waals surface area contributed by atoms with Gasteiger partial charge in [0.15, 0.2) is 17.3 Å². The number of carbonyl (C=O) groups excluding carboxylic acids is 1. The van der Waals surface area contributed by atoms with Crippen LogP contribution in [0, 0.1) is 0 Å². The minimum Gasteiger partial charge on any atom is -0.380 e. The van der Waals surface area contributed by atoms with Crippen LogP contribution in [0.5, 0.6) is 0 Å². The second-order valence-corrected chi connectivity index (χ2v) is 7.09. The predicted molar refractivity (Wildman–Crippen MR) is 106 cm³/mol. The third-order valence-corrected chi connectivity index (χ3v) is 5.11. The van der Waals surface area contributed by atoms with Crippen molar-refractivity contribution in [3.63, 3.8) is 0 Å². The third kappa shape index (κ3) is 4.19. The van der Waals surface area contributed by atoms with E-state index in [9.17, 15) is 4.79 Å². The van der Waals surface area contributed by atoms with E-state index in [-0.39, 0.29) is 5.78 Å². The van der Waals surface area contributed by atoms with Crippen molar-refractivity contribution in [2.24, 2.45) is 0 Å². The van der Waals surface area contributed by atoms with Crippen LogP contribution in [0.3, 0.4) is 0 Å². The monoisotopic (exact) mass is 367 g/mol. The standard InChI is InChI=1S/C20H25N5O2/c1-14(26)20-18(21-15-3-2-4-15)13-19(23-24-20)22-16-5-7-17(8-6-16)25-9-11-27-12-10-25/h5-8,13,15H,2-4,9-12H2,1H3,(H2,21,22,23). The molecule has 2 aromatic rings. The normalized spacial score (nSPS) is 17.3. The van der Waals surface area contributed by atoms with Gasteiger partial charge in [-0.1, -0.05) is 0 Å². The Morgan fingerprint density at radius 2 is 1.89 bits per heavy atom. The molecular formula is C20H25N5O2. The second-order valence-electron chi connectivity index (χ2n) is 7.09. The van der Waals surface area contributed by atoms with Crippen LogP contribution in [-0.4, -0.2) is 48.3 Å². The van der Waals surface area contributed by atoms with Gasteiger partial charge >= 0.3 is 0 Å². The second kappa shape index (κ2) is 7.92. The van der Waals surface area contributed by atoms with Gasteiger partial charge in [-0.2, -0.15) is 0 Å². The molecule has 2 N–H and O–H groups in total. The molecule has 0 unspecified atom stereocenters. The fraction of sp³-hybridized carbons (Fsp3) is 0.450. The number of Topliss-reactive ketones (excluding diaryl/α,β-unsaturated/α-hetero) is 1. The van der Waals surface area contributed by atoms with Crippen molar-refractivity contribution >= 4 is 28.7 Å². The van der Waals surface area contributed by atoms with Gasteiger partial charge in [0.25, 0.3) is 0 Å². The van der Waals surface area contributed by atoms with Crippen molar-refractivity contribution in [1.29, 1.82) is 0 Å². The van der Waals surface area contributed by atoms with Gasteiger partial charge < -0.3 is 20.3 Å². The lowest BCUT2D eigenvalue weighted by Crippen LogP contribution is -2.36. The number of anilines is 4. The third-order valence-electron chi connectivity index (χ3n) is 5.11. The van der Waals surface area contributed by atoms with E-state index in [1.54, 1.807) is 0 Å². The van der Waals surface area contributed by atoms with E-state index in [0.29, 0.717) is 17.6 Å². The van der Waals surface area contributed by atoms with Gasteiger partial charge in [0.1, 0.15) is 0 Å². The van der Waals surface area contributed by atoms with Crippen molar-refractivity contribution in [2.45, 2.75) is 32.2 Å². The zero-order valence-corrected chi connectivity index (χ0v) is 15.6. The molecular weight excluding hydrogens is 342 g/mol. The Morgan fingerprint density at radius 3 is 2.52 bits per heavy atom.